The van der Waals surface area contributed by atoms with E-state index < -0.39 is 0 Å². The van der Waals surface area contributed by atoms with Gasteiger partial charge in [-0.25, -0.2) is 4.98 Å². The molecule has 0 fully saturated rings. The van der Waals surface area contributed by atoms with E-state index in [4.69, 9.17) is 4.74 Å². The maximum Gasteiger partial charge on any atom is 0.181 e. The molecule has 0 spiro atoms. The first-order valence-electron chi connectivity index (χ1n) is 6.46. The lowest BCUT2D eigenvalue weighted by Crippen LogP contribution is -2.18. The number of imidazole rings is 1. The Labute approximate surface area is 122 Å². The fourth-order valence-electron chi connectivity index (χ4n) is 2.47. The van der Waals surface area contributed by atoms with Crippen molar-refractivity contribution in [1.82, 2.24) is 9.38 Å². The monoisotopic (exact) mass is 287 g/mol. The van der Waals surface area contributed by atoms with Crippen LogP contribution in [0.15, 0.2) is 35.8 Å². The van der Waals surface area contributed by atoms with Gasteiger partial charge >= 0.3 is 0 Å². The predicted molar refractivity (Wildman–Crippen MR) is 82.9 cm³/mol. The molecule has 5 heteroatoms. The van der Waals surface area contributed by atoms with Crippen molar-refractivity contribution in [2.24, 2.45) is 0 Å². The maximum absolute atomic E-state index is 5.38. The van der Waals surface area contributed by atoms with E-state index in [-0.39, 0.29) is 0 Å². The molecule has 0 radical (unpaired) electrons. The summed E-state index contributed by atoms with van der Waals surface area (Å²) >= 11 is 1.77. The number of pyridine rings is 1. The summed E-state index contributed by atoms with van der Waals surface area (Å²) in [7, 11) is 3.77. The first-order valence-corrected chi connectivity index (χ1v) is 7.34. The highest BCUT2D eigenvalue weighted by molar-refractivity contribution is 7.09. The van der Waals surface area contributed by atoms with E-state index in [1.165, 1.54) is 4.88 Å². The summed E-state index contributed by atoms with van der Waals surface area (Å²) < 4.78 is 7.47. The third kappa shape index (κ3) is 2.14. The van der Waals surface area contributed by atoms with E-state index in [9.17, 15) is 0 Å². The molecule has 3 heterocycles. The standard InChI is InChI=1S/C15H17N3OS/c1-11-15(17(2)10-12-6-5-9-20-12)18-8-4-7-13(19-3)14(18)16-11/h4-9H,10H2,1-3H3. The number of methoxy groups -OCH3 is 1. The Hall–Kier alpha value is -2.01. The van der Waals surface area contributed by atoms with Crippen LogP contribution >= 0.6 is 11.3 Å². The molecule has 4 nitrogen and oxygen atoms in total. The van der Waals surface area contributed by atoms with E-state index in [0.29, 0.717) is 0 Å². The molecule has 0 N–H and O–H groups in total. The summed E-state index contributed by atoms with van der Waals surface area (Å²) in [5.74, 6) is 1.90. The lowest BCUT2D eigenvalue weighted by molar-refractivity contribution is 0.417. The topological polar surface area (TPSA) is 29.8 Å². The molecule has 0 aliphatic heterocycles. The Morgan fingerprint density at radius 1 is 1.35 bits per heavy atom. The molecular formula is C15H17N3OS. The fourth-order valence-corrected chi connectivity index (χ4v) is 3.23. The number of nitrogens with zero attached hydrogens (tertiary/aromatic N) is 3. The molecule has 0 unspecified atom stereocenters. The summed E-state index contributed by atoms with van der Waals surface area (Å²) in [6.45, 7) is 2.91. The van der Waals surface area contributed by atoms with Crippen molar-refractivity contribution in [3.8, 4) is 5.75 Å². The fraction of sp³-hybridized carbons (Fsp3) is 0.267. The van der Waals surface area contributed by atoms with Crippen molar-refractivity contribution in [3.05, 3.63) is 46.4 Å². The second-order valence-corrected chi connectivity index (χ2v) is 5.76. The maximum atomic E-state index is 5.38. The molecule has 0 aromatic carbocycles. The van der Waals surface area contributed by atoms with Gasteiger partial charge in [0.25, 0.3) is 0 Å². The highest BCUT2D eigenvalue weighted by atomic mass is 32.1. The number of hydrogen-bond acceptors (Lipinski definition) is 4. The number of rotatable bonds is 4. The van der Waals surface area contributed by atoms with Gasteiger partial charge in [0.2, 0.25) is 0 Å². The number of ether oxygens (including phenoxy) is 1. The van der Waals surface area contributed by atoms with E-state index in [1.54, 1.807) is 18.4 Å². The van der Waals surface area contributed by atoms with Gasteiger partial charge in [0.05, 0.1) is 19.3 Å². The van der Waals surface area contributed by atoms with Crippen molar-refractivity contribution in [2.75, 3.05) is 19.1 Å². The van der Waals surface area contributed by atoms with Gasteiger partial charge in [-0.15, -0.1) is 11.3 Å². The first kappa shape index (κ1) is 13.0. The minimum absolute atomic E-state index is 0.798. The molecule has 0 aliphatic carbocycles. The van der Waals surface area contributed by atoms with E-state index in [1.807, 2.05) is 25.3 Å². The molecule has 3 aromatic rings. The molecule has 0 amide bonds. The van der Waals surface area contributed by atoms with E-state index in [0.717, 1.165) is 29.5 Å². The number of hydrogen-bond donors (Lipinski definition) is 0. The summed E-state index contributed by atoms with van der Waals surface area (Å²) in [5.41, 5.74) is 1.87. The van der Waals surface area contributed by atoms with Crippen LogP contribution < -0.4 is 9.64 Å². The molecule has 3 aromatic heterocycles. The Kier molecular flexibility index (Phi) is 3.36. The number of thiophene rings is 1. The van der Waals surface area contributed by atoms with E-state index >= 15 is 0 Å². The van der Waals surface area contributed by atoms with Crippen LogP contribution in [0.5, 0.6) is 5.75 Å². The summed E-state index contributed by atoms with van der Waals surface area (Å²) in [5, 5.41) is 2.10. The smallest absolute Gasteiger partial charge is 0.181 e. The lowest BCUT2D eigenvalue weighted by Gasteiger charge is -2.18. The zero-order valence-corrected chi connectivity index (χ0v) is 12.6. The van der Waals surface area contributed by atoms with Crippen molar-refractivity contribution >= 4 is 22.8 Å². The van der Waals surface area contributed by atoms with Crippen LogP contribution in [0.3, 0.4) is 0 Å². The van der Waals surface area contributed by atoms with Crippen molar-refractivity contribution < 1.29 is 4.74 Å². The van der Waals surface area contributed by atoms with Crippen LogP contribution in [0.2, 0.25) is 0 Å². The van der Waals surface area contributed by atoms with Crippen LogP contribution in [0.25, 0.3) is 5.65 Å². The van der Waals surface area contributed by atoms with Crippen LogP contribution in [-0.2, 0) is 6.54 Å². The van der Waals surface area contributed by atoms with Gasteiger partial charge in [0, 0.05) is 18.1 Å². The van der Waals surface area contributed by atoms with Gasteiger partial charge in [0.1, 0.15) is 5.82 Å². The molecule has 0 bridgehead atoms. The van der Waals surface area contributed by atoms with Crippen LogP contribution in [0, 0.1) is 6.92 Å². The van der Waals surface area contributed by atoms with Crippen LogP contribution in [0.1, 0.15) is 10.6 Å². The molecule has 3 rings (SSSR count). The molecule has 20 heavy (non-hydrogen) atoms. The van der Waals surface area contributed by atoms with Crippen molar-refractivity contribution in [1.29, 1.82) is 0 Å². The predicted octanol–water partition coefficient (Wildman–Crippen LogP) is 3.35. The van der Waals surface area contributed by atoms with Gasteiger partial charge < -0.3 is 9.64 Å². The molecule has 0 atom stereocenters. The zero-order valence-electron chi connectivity index (χ0n) is 11.8. The summed E-state index contributed by atoms with van der Waals surface area (Å²) in [6.07, 6.45) is 2.03. The minimum atomic E-state index is 0.798. The third-order valence-electron chi connectivity index (χ3n) is 3.31. The number of fused-ring (bicyclic) bond motifs is 1. The van der Waals surface area contributed by atoms with Crippen LogP contribution in [-0.4, -0.2) is 23.5 Å². The van der Waals surface area contributed by atoms with Crippen LogP contribution in [0.4, 0.5) is 5.82 Å². The quantitative estimate of drug-likeness (QED) is 0.737. The summed E-state index contributed by atoms with van der Waals surface area (Å²) in [6, 6.07) is 8.15. The second kappa shape index (κ2) is 5.17. The number of aryl methyl sites for hydroxylation is 1. The Morgan fingerprint density at radius 2 is 2.20 bits per heavy atom. The van der Waals surface area contributed by atoms with Gasteiger partial charge in [-0.2, -0.15) is 0 Å². The molecule has 0 saturated heterocycles. The van der Waals surface area contributed by atoms with Gasteiger partial charge in [-0.1, -0.05) is 6.07 Å². The SMILES string of the molecule is COc1cccn2c(N(C)Cc3cccs3)c(C)nc12. The zero-order chi connectivity index (χ0) is 14.1. The highest BCUT2D eigenvalue weighted by Gasteiger charge is 2.15. The van der Waals surface area contributed by atoms with E-state index in [2.05, 4.69) is 38.8 Å². The molecular weight excluding hydrogens is 270 g/mol. The van der Waals surface area contributed by atoms with Crippen molar-refractivity contribution in [3.63, 3.8) is 0 Å². The van der Waals surface area contributed by atoms with Gasteiger partial charge in [0.15, 0.2) is 11.4 Å². The van der Waals surface area contributed by atoms with Crippen molar-refractivity contribution in [2.45, 2.75) is 13.5 Å². The minimum Gasteiger partial charge on any atom is -0.493 e. The highest BCUT2D eigenvalue weighted by Crippen LogP contribution is 2.28. The Morgan fingerprint density at radius 3 is 2.90 bits per heavy atom. The largest absolute Gasteiger partial charge is 0.493 e. The normalized spacial score (nSPS) is 10.9. The second-order valence-electron chi connectivity index (χ2n) is 4.73. The van der Waals surface area contributed by atoms with Gasteiger partial charge in [-0.3, -0.25) is 4.40 Å². The third-order valence-corrected chi connectivity index (χ3v) is 4.17. The molecule has 0 aliphatic rings. The average Bonchev–Trinajstić information content (AvgIpc) is 3.04. The lowest BCUT2D eigenvalue weighted by atomic mass is 10.4. The summed E-state index contributed by atoms with van der Waals surface area (Å²) in [4.78, 5) is 8.19. The number of aromatic nitrogens is 2. The number of anilines is 1. The molecule has 0 saturated carbocycles. The first-order chi connectivity index (χ1) is 9.70. The average molecular weight is 287 g/mol. The molecule has 104 valence electrons. The van der Waals surface area contributed by atoms with Gasteiger partial charge in [-0.05, 0) is 30.5 Å². The Bertz CT molecular complexity index is 718. The Balaban J connectivity index is 2.04.